The minimum Gasteiger partial charge on any atom is -0.394 e. The summed E-state index contributed by atoms with van der Waals surface area (Å²) in [6, 6.07) is 0. The smallest absolute Gasteiger partial charge is 0.138 e. The number of carbonyl (C=O) groups is 1. The first-order chi connectivity index (χ1) is 5.49. The van der Waals surface area contributed by atoms with E-state index in [-0.39, 0.29) is 12.4 Å². The van der Waals surface area contributed by atoms with Crippen LogP contribution in [0.2, 0.25) is 0 Å². The monoisotopic (exact) mass is 174 g/mol. The molecule has 0 amide bonds. The van der Waals surface area contributed by atoms with Crippen LogP contribution in [0.5, 0.6) is 0 Å². The molecule has 0 rings (SSSR count). The van der Waals surface area contributed by atoms with Crippen LogP contribution in [-0.4, -0.2) is 28.7 Å². The fraction of sp³-hybridized carbons (Fsp3) is 0.889. The first-order valence-electron chi connectivity index (χ1n) is 4.30. The molecule has 12 heavy (non-hydrogen) atoms. The van der Waals surface area contributed by atoms with Gasteiger partial charge in [0.05, 0.1) is 12.7 Å². The number of aliphatic hydroxyl groups excluding tert-OH is 2. The Morgan fingerprint density at radius 1 is 1.33 bits per heavy atom. The van der Waals surface area contributed by atoms with Crippen molar-refractivity contribution < 1.29 is 15.0 Å². The molecule has 0 aliphatic carbocycles. The first-order valence-corrected chi connectivity index (χ1v) is 4.30. The number of ketones is 1. The lowest BCUT2D eigenvalue weighted by Crippen LogP contribution is -2.29. The third-order valence-electron chi connectivity index (χ3n) is 1.88. The molecule has 0 fully saturated rings. The van der Waals surface area contributed by atoms with E-state index in [1.807, 2.05) is 13.8 Å². The summed E-state index contributed by atoms with van der Waals surface area (Å²) in [5.41, 5.74) is 0. The van der Waals surface area contributed by atoms with Crippen molar-refractivity contribution in [3.8, 4) is 0 Å². The highest BCUT2D eigenvalue weighted by Gasteiger charge is 2.21. The maximum atomic E-state index is 11.3. The van der Waals surface area contributed by atoms with E-state index in [4.69, 9.17) is 10.2 Å². The molecule has 0 bridgehead atoms. The molecular weight excluding hydrogens is 156 g/mol. The van der Waals surface area contributed by atoms with Crippen LogP contribution in [0.4, 0.5) is 0 Å². The number of hydrogen-bond acceptors (Lipinski definition) is 3. The Morgan fingerprint density at radius 2 is 1.83 bits per heavy atom. The van der Waals surface area contributed by atoms with Crippen molar-refractivity contribution in [1.29, 1.82) is 0 Å². The highest BCUT2D eigenvalue weighted by Crippen LogP contribution is 2.11. The minimum atomic E-state index is -0.906. The van der Waals surface area contributed by atoms with Crippen molar-refractivity contribution in [2.24, 2.45) is 11.8 Å². The zero-order valence-corrected chi connectivity index (χ0v) is 7.95. The van der Waals surface area contributed by atoms with Gasteiger partial charge in [-0.2, -0.15) is 0 Å². The molecule has 0 radical (unpaired) electrons. The van der Waals surface area contributed by atoms with Gasteiger partial charge in [0.2, 0.25) is 0 Å². The Morgan fingerprint density at radius 3 is 2.17 bits per heavy atom. The van der Waals surface area contributed by atoms with Gasteiger partial charge in [-0.1, -0.05) is 20.8 Å². The topological polar surface area (TPSA) is 57.5 Å². The SMILES string of the molecule is CC(C)CC(=O)[C@H](C)[C@H](O)CO. The molecule has 0 aromatic heterocycles. The van der Waals surface area contributed by atoms with E-state index in [2.05, 4.69) is 0 Å². The summed E-state index contributed by atoms with van der Waals surface area (Å²) in [4.78, 5) is 11.3. The first kappa shape index (κ1) is 11.6. The minimum absolute atomic E-state index is 0.0200. The molecule has 0 saturated carbocycles. The zero-order chi connectivity index (χ0) is 9.72. The standard InChI is InChI=1S/C9H18O3/c1-6(2)4-8(11)7(3)9(12)5-10/h6-7,9-10,12H,4-5H2,1-3H3/t7-,9+/m0/s1. The molecule has 0 unspecified atom stereocenters. The molecule has 72 valence electrons. The second-order valence-electron chi connectivity index (χ2n) is 3.60. The number of rotatable bonds is 5. The van der Waals surface area contributed by atoms with Crippen LogP contribution >= 0.6 is 0 Å². The highest BCUT2D eigenvalue weighted by atomic mass is 16.3. The van der Waals surface area contributed by atoms with E-state index in [1.165, 1.54) is 0 Å². The van der Waals surface area contributed by atoms with Crippen LogP contribution < -0.4 is 0 Å². The number of Topliss-reactive ketones (excluding diaryl/α,β-unsaturated/α-hetero) is 1. The van der Waals surface area contributed by atoms with Crippen molar-refractivity contribution in [3.63, 3.8) is 0 Å². The summed E-state index contributed by atoms with van der Waals surface area (Å²) >= 11 is 0. The van der Waals surface area contributed by atoms with Crippen LogP contribution in [0, 0.1) is 11.8 Å². The van der Waals surface area contributed by atoms with E-state index in [1.54, 1.807) is 6.92 Å². The van der Waals surface area contributed by atoms with Gasteiger partial charge in [-0.3, -0.25) is 4.79 Å². The van der Waals surface area contributed by atoms with Gasteiger partial charge in [0, 0.05) is 12.3 Å². The van der Waals surface area contributed by atoms with Crippen LogP contribution in [-0.2, 0) is 4.79 Å². The van der Waals surface area contributed by atoms with E-state index in [0.717, 1.165) is 0 Å². The van der Waals surface area contributed by atoms with E-state index in [0.29, 0.717) is 12.3 Å². The molecule has 0 aliphatic rings. The maximum absolute atomic E-state index is 11.3. The average molecular weight is 174 g/mol. The Bertz CT molecular complexity index is 143. The Labute approximate surface area is 73.4 Å². The third kappa shape index (κ3) is 3.83. The molecule has 0 aromatic rings. The molecule has 2 atom stereocenters. The van der Waals surface area contributed by atoms with Gasteiger partial charge >= 0.3 is 0 Å². The normalized spacial score (nSPS) is 16.2. The second kappa shape index (κ2) is 5.27. The highest BCUT2D eigenvalue weighted by molar-refractivity contribution is 5.81. The third-order valence-corrected chi connectivity index (χ3v) is 1.88. The van der Waals surface area contributed by atoms with E-state index < -0.39 is 12.0 Å². The Kier molecular flexibility index (Phi) is 5.09. The lowest BCUT2D eigenvalue weighted by Gasteiger charge is -2.16. The van der Waals surface area contributed by atoms with Crippen LogP contribution in [0.15, 0.2) is 0 Å². The van der Waals surface area contributed by atoms with Gasteiger partial charge in [-0.25, -0.2) is 0 Å². The quantitative estimate of drug-likeness (QED) is 0.641. The molecule has 3 nitrogen and oxygen atoms in total. The van der Waals surface area contributed by atoms with Gasteiger partial charge < -0.3 is 10.2 Å². The second-order valence-corrected chi connectivity index (χ2v) is 3.60. The fourth-order valence-electron chi connectivity index (χ4n) is 0.961. The molecule has 0 saturated heterocycles. The average Bonchev–Trinajstić information content (AvgIpc) is 2.00. The van der Waals surface area contributed by atoms with Crippen molar-refractivity contribution in [1.82, 2.24) is 0 Å². The largest absolute Gasteiger partial charge is 0.394 e. The van der Waals surface area contributed by atoms with E-state index >= 15 is 0 Å². The lowest BCUT2D eigenvalue weighted by molar-refractivity contribution is -0.127. The van der Waals surface area contributed by atoms with Crippen molar-refractivity contribution >= 4 is 5.78 Å². The van der Waals surface area contributed by atoms with E-state index in [9.17, 15) is 4.79 Å². The number of hydrogen-bond donors (Lipinski definition) is 2. The van der Waals surface area contributed by atoms with Gasteiger partial charge in [-0.15, -0.1) is 0 Å². The van der Waals surface area contributed by atoms with Gasteiger partial charge in [0.25, 0.3) is 0 Å². The summed E-state index contributed by atoms with van der Waals surface area (Å²) in [5, 5.41) is 17.7. The molecule has 0 aromatic carbocycles. The summed E-state index contributed by atoms with van der Waals surface area (Å²) < 4.78 is 0. The van der Waals surface area contributed by atoms with Crippen LogP contribution in [0.3, 0.4) is 0 Å². The molecule has 0 aliphatic heterocycles. The predicted molar refractivity (Wildman–Crippen MR) is 46.7 cm³/mol. The van der Waals surface area contributed by atoms with Crippen molar-refractivity contribution in [3.05, 3.63) is 0 Å². The maximum Gasteiger partial charge on any atom is 0.138 e. The van der Waals surface area contributed by atoms with Crippen LogP contribution in [0.25, 0.3) is 0 Å². The molecular formula is C9H18O3. The number of aliphatic hydroxyl groups is 2. The summed E-state index contributed by atoms with van der Waals surface area (Å²) in [7, 11) is 0. The molecule has 0 spiro atoms. The fourth-order valence-corrected chi connectivity index (χ4v) is 0.961. The van der Waals surface area contributed by atoms with Gasteiger partial charge in [-0.05, 0) is 5.92 Å². The molecule has 0 heterocycles. The van der Waals surface area contributed by atoms with Crippen LogP contribution in [0.1, 0.15) is 27.2 Å². The lowest BCUT2D eigenvalue weighted by atomic mass is 9.94. The Hall–Kier alpha value is -0.410. The summed E-state index contributed by atoms with van der Waals surface area (Å²) in [5.74, 6) is -0.116. The Balaban J connectivity index is 3.92. The number of carbonyl (C=O) groups excluding carboxylic acids is 1. The molecule has 2 N–H and O–H groups in total. The molecule has 3 heteroatoms. The van der Waals surface area contributed by atoms with Gasteiger partial charge in [0.1, 0.15) is 5.78 Å². The zero-order valence-electron chi connectivity index (χ0n) is 7.95. The van der Waals surface area contributed by atoms with Crippen molar-refractivity contribution in [2.75, 3.05) is 6.61 Å². The predicted octanol–water partition coefficient (Wildman–Crippen LogP) is 0.591. The summed E-state index contributed by atoms with van der Waals surface area (Å²) in [6.07, 6.45) is -0.436. The summed E-state index contributed by atoms with van der Waals surface area (Å²) in [6.45, 7) is 5.21. The van der Waals surface area contributed by atoms with Crippen molar-refractivity contribution in [2.45, 2.75) is 33.3 Å². The van der Waals surface area contributed by atoms with Gasteiger partial charge in [0.15, 0.2) is 0 Å².